The van der Waals surface area contributed by atoms with Crippen LogP contribution in [0.2, 0.25) is 10.0 Å². The second kappa shape index (κ2) is 6.78. The SMILES string of the molecule is O=C(CO)N1CCC(=O)N2C[C@@H](c3c(O)ccc(Cl)c3Cl)C[C@H]2C1. The van der Waals surface area contributed by atoms with Crippen molar-refractivity contribution in [3.8, 4) is 5.75 Å². The maximum absolute atomic E-state index is 12.4. The summed E-state index contributed by atoms with van der Waals surface area (Å²) in [7, 11) is 0. The lowest BCUT2D eigenvalue weighted by Gasteiger charge is -2.25. The number of halogens is 2. The Morgan fingerprint density at radius 1 is 1.29 bits per heavy atom. The van der Waals surface area contributed by atoms with Gasteiger partial charge in [-0.1, -0.05) is 23.2 Å². The number of aliphatic hydroxyl groups excluding tert-OH is 1. The number of benzene rings is 1. The average molecular weight is 373 g/mol. The molecule has 2 aliphatic rings. The van der Waals surface area contributed by atoms with Gasteiger partial charge in [-0.25, -0.2) is 0 Å². The van der Waals surface area contributed by atoms with E-state index in [-0.39, 0.29) is 35.9 Å². The molecule has 3 rings (SSSR count). The first-order valence-electron chi connectivity index (χ1n) is 7.77. The Morgan fingerprint density at radius 2 is 2.04 bits per heavy atom. The zero-order chi connectivity index (χ0) is 17.4. The largest absolute Gasteiger partial charge is 0.508 e. The van der Waals surface area contributed by atoms with Crippen molar-refractivity contribution in [3.05, 3.63) is 27.7 Å². The number of carbonyl (C=O) groups is 2. The van der Waals surface area contributed by atoms with Gasteiger partial charge in [0.15, 0.2) is 0 Å². The fourth-order valence-corrected chi connectivity index (χ4v) is 4.07. The van der Waals surface area contributed by atoms with E-state index in [1.54, 1.807) is 4.90 Å². The Morgan fingerprint density at radius 3 is 2.75 bits per heavy atom. The summed E-state index contributed by atoms with van der Waals surface area (Å²) in [6.45, 7) is 0.559. The summed E-state index contributed by atoms with van der Waals surface area (Å²) < 4.78 is 0. The van der Waals surface area contributed by atoms with Gasteiger partial charge in [0.25, 0.3) is 0 Å². The molecule has 1 aromatic rings. The highest BCUT2D eigenvalue weighted by atomic mass is 35.5. The maximum atomic E-state index is 12.4. The van der Waals surface area contributed by atoms with Crippen LogP contribution in [0.1, 0.15) is 24.3 Å². The number of hydrogen-bond acceptors (Lipinski definition) is 4. The number of nitrogens with zero attached hydrogens (tertiary/aromatic N) is 2. The van der Waals surface area contributed by atoms with E-state index in [4.69, 9.17) is 28.3 Å². The molecule has 8 heteroatoms. The second-order valence-electron chi connectivity index (χ2n) is 6.17. The molecule has 0 aliphatic carbocycles. The summed E-state index contributed by atoms with van der Waals surface area (Å²) in [5.74, 6) is -0.498. The third-order valence-corrected chi connectivity index (χ3v) is 5.59. The van der Waals surface area contributed by atoms with Gasteiger partial charge in [0.05, 0.1) is 10.0 Å². The number of fused-ring (bicyclic) bond motifs is 1. The average Bonchev–Trinajstić information content (AvgIpc) is 2.91. The second-order valence-corrected chi connectivity index (χ2v) is 6.96. The Kier molecular flexibility index (Phi) is 4.90. The van der Waals surface area contributed by atoms with Gasteiger partial charge in [0, 0.05) is 43.6 Å². The molecule has 2 saturated heterocycles. The number of aromatic hydroxyl groups is 1. The first kappa shape index (κ1) is 17.3. The monoisotopic (exact) mass is 372 g/mol. The van der Waals surface area contributed by atoms with Crippen LogP contribution in [0.3, 0.4) is 0 Å². The van der Waals surface area contributed by atoms with Crippen LogP contribution in [0.5, 0.6) is 5.75 Å². The topological polar surface area (TPSA) is 81.1 Å². The highest BCUT2D eigenvalue weighted by Gasteiger charge is 2.41. The number of hydrogen-bond donors (Lipinski definition) is 2. The maximum Gasteiger partial charge on any atom is 0.248 e. The van der Waals surface area contributed by atoms with Crippen molar-refractivity contribution >= 4 is 35.0 Å². The van der Waals surface area contributed by atoms with Crippen molar-refractivity contribution in [1.29, 1.82) is 0 Å². The van der Waals surface area contributed by atoms with Gasteiger partial charge in [-0.05, 0) is 18.6 Å². The summed E-state index contributed by atoms with van der Waals surface area (Å²) in [6, 6.07) is 2.87. The minimum absolute atomic E-state index is 0.0339. The molecule has 2 fully saturated rings. The standard InChI is InChI=1S/C16H18Cl2N2O4/c17-11-1-2-12(22)15(16(11)18)9-5-10-7-19(14(24)8-21)4-3-13(23)20(10)6-9/h1-2,9-10,21-22H,3-8H2/t9-,10-/m0/s1. The van der Waals surface area contributed by atoms with Crippen LogP contribution in [0.25, 0.3) is 0 Å². The number of phenolic OH excluding ortho intramolecular Hbond substituents is 1. The molecule has 6 nitrogen and oxygen atoms in total. The van der Waals surface area contributed by atoms with Gasteiger partial charge in [-0.15, -0.1) is 0 Å². The molecule has 0 radical (unpaired) electrons. The third kappa shape index (κ3) is 3.06. The molecule has 0 aromatic heterocycles. The molecule has 0 unspecified atom stereocenters. The Labute approximate surface area is 149 Å². The van der Waals surface area contributed by atoms with E-state index in [1.807, 2.05) is 0 Å². The Balaban J connectivity index is 1.87. The van der Waals surface area contributed by atoms with Crippen molar-refractivity contribution in [2.24, 2.45) is 0 Å². The molecule has 0 saturated carbocycles. The smallest absolute Gasteiger partial charge is 0.248 e. The fraction of sp³-hybridized carbons (Fsp3) is 0.500. The van der Waals surface area contributed by atoms with E-state index < -0.39 is 6.61 Å². The third-order valence-electron chi connectivity index (χ3n) is 4.77. The lowest BCUT2D eigenvalue weighted by molar-refractivity contribution is -0.134. The highest BCUT2D eigenvalue weighted by molar-refractivity contribution is 6.42. The van der Waals surface area contributed by atoms with Crippen molar-refractivity contribution in [1.82, 2.24) is 9.80 Å². The van der Waals surface area contributed by atoms with Crippen LogP contribution in [0, 0.1) is 0 Å². The zero-order valence-corrected chi connectivity index (χ0v) is 14.4. The van der Waals surface area contributed by atoms with E-state index in [2.05, 4.69) is 0 Å². The molecular weight excluding hydrogens is 355 g/mol. The minimum atomic E-state index is -0.564. The summed E-state index contributed by atoms with van der Waals surface area (Å²) in [4.78, 5) is 27.4. The fourth-order valence-electron chi connectivity index (χ4n) is 3.60. The summed E-state index contributed by atoms with van der Waals surface area (Å²) in [5, 5.41) is 19.9. The molecule has 2 atom stereocenters. The number of rotatable bonds is 2. The lowest BCUT2D eigenvalue weighted by Crippen LogP contribution is -2.41. The predicted molar refractivity (Wildman–Crippen MR) is 89.3 cm³/mol. The van der Waals surface area contributed by atoms with Gasteiger partial charge in [-0.3, -0.25) is 9.59 Å². The van der Waals surface area contributed by atoms with Crippen molar-refractivity contribution in [2.45, 2.75) is 24.8 Å². The van der Waals surface area contributed by atoms with Crippen molar-refractivity contribution in [2.75, 3.05) is 26.2 Å². The van der Waals surface area contributed by atoms with E-state index in [0.717, 1.165) is 0 Å². The quantitative estimate of drug-likeness (QED) is 0.826. The molecule has 2 aliphatic heterocycles. The molecule has 2 heterocycles. The number of carbonyl (C=O) groups excluding carboxylic acids is 2. The molecule has 0 bridgehead atoms. The molecule has 2 N–H and O–H groups in total. The van der Waals surface area contributed by atoms with Gasteiger partial charge >= 0.3 is 0 Å². The highest BCUT2D eigenvalue weighted by Crippen LogP contribution is 2.43. The van der Waals surface area contributed by atoms with Crippen molar-refractivity contribution in [3.63, 3.8) is 0 Å². The molecule has 130 valence electrons. The molecule has 24 heavy (non-hydrogen) atoms. The minimum Gasteiger partial charge on any atom is -0.508 e. The van der Waals surface area contributed by atoms with Crippen LogP contribution >= 0.6 is 23.2 Å². The molecule has 2 amide bonds. The van der Waals surface area contributed by atoms with Crippen LogP contribution < -0.4 is 0 Å². The van der Waals surface area contributed by atoms with Gasteiger partial charge < -0.3 is 20.0 Å². The Hall–Kier alpha value is -1.50. The van der Waals surface area contributed by atoms with Gasteiger partial charge in [0.2, 0.25) is 11.8 Å². The molecular formula is C16H18Cl2N2O4. The number of aliphatic hydroxyl groups is 1. The van der Waals surface area contributed by atoms with E-state index in [0.29, 0.717) is 41.7 Å². The van der Waals surface area contributed by atoms with Gasteiger partial charge in [0.1, 0.15) is 12.4 Å². The zero-order valence-electron chi connectivity index (χ0n) is 12.9. The molecule has 1 aromatic carbocycles. The van der Waals surface area contributed by atoms with Crippen LogP contribution in [0.4, 0.5) is 0 Å². The van der Waals surface area contributed by atoms with E-state index in [9.17, 15) is 14.7 Å². The number of phenols is 1. The molecule has 0 spiro atoms. The lowest BCUT2D eigenvalue weighted by atomic mass is 9.95. The first-order chi connectivity index (χ1) is 11.4. The van der Waals surface area contributed by atoms with E-state index in [1.165, 1.54) is 17.0 Å². The normalized spacial score (nSPS) is 24.0. The Bertz CT molecular complexity index is 682. The van der Waals surface area contributed by atoms with Gasteiger partial charge in [-0.2, -0.15) is 0 Å². The van der Waals surface area contributed by atoms with Crippen LogP contribution in [0.15, 0.2) is 12.1 Å². The first-order valence-corrected chi connectivity index (χ1v) is 8.53. The van der Waals surface area contributed by atoms with Crippen LogP contribution in [-0.4, -0.2) is 64.1 Å². The number of amides is 2. The predicted octanol–water partition coefficient (Wildman–Crippen LogP) is 1.61. The van der Waals surface area contributed by atoms with Crippen LogP contribution in [-0.2, 0) is 9.59 Å². The summed E-state index contributed by atoms with van der Waals surface area (Å²) in [5.41, 5.74) is 0.546. The summed E-state index contributed by atoms with van der Waals surface area (Å²) in [6.07, 6.45) is 0.804. The van der Waals surface area contributed by atoms with E-state index >= 15 is 0 Å². The van der Waals surface area contributed by atoms with Crippen molar-refractivity contribution < 1.29 is 19.8 Å². The summed E-state index contributed by atoms with van der Waals surface area (Å²) >= 11 is 12.3.